The number of carbonyl (C=O) groups is 1. The summed E-state index contributed by atoms with van der Waals surface area (Å²) in [5.74, 6) is -0.935. The Labute approximate surface area is 190 Å². The van der Waals surface area contributed by atoms with Gasteiger partial charge in [0.25, 0.3) is 0 Å². The number of methoxy groups -OCH3 is 2. The number of esters is 1. The molecule has 2 fully saturated rings. The van der Waals surface area contributed by atoms with E-state index in [1.807, 2.05) is 4.90 Å². The predicted molar refractivity (Wildman–Crippen MR) is 108 cm³/mol. The summed E-state index contributed by atoms with van der Waals surface area (Å²) in [6, 6.07) is 0.594. The highest BCUT2D eigenvalue weighted by molar-refractivity contribution is 7.99. The zero-order valence-corrected chi connectivity index (χ0v) is 18.5. The van der Waals surface area contributed by atoms with Gasteiger partial charge in [0.1, 0.15) is 4.90 Å². The van der Waals surface area contributed by atoms with Gasteiger partial charge in [-0.3, -0.25) is 4.79 Å². The molecular formula is C19H20F3N5O5S. The van der Waals surface area contributed by atoms with Gasteiger partial charge in [-0.2, -0.15) is 28.1 Å². The highest BCUT2D eigenvalue weighted by Gasteiger charge is 2.36. The zero-order valence-electron chi connectivity index (χ0n) is 17.7. The Bertz CT molecular complexity index is 1010. The van der Waals surface area contributed by atoms with Crippen molar-refractivity contribution < 1.29 is 36.9 Å². The van der Waals surface area contributed by atoms with E-state index in [0.29, 0.717) is 62.9 Å². The Kier molecular flexibility index (Phi) is 6.74. The van der Waals surface area contributed by atoms with Gasteiger partial charge in [-0.05, 0) is 24.6 Å². The highest BCUT2D eigenvalue weighted by atomic mass is 32.2. The van der Waals surface area contributed by atoms with E-state index >= 15 is 0 Å². The van der Waals surface area contributed by atoms with Crippen LogP contribution in [0.5, 0.6) is 17.6 Å². The van der Waals surface area contributed by atoms with E-state index in [9.17, 15) is 18.0 Å². The number of carbonyl (C=O) groups excluding carboxylic acids is 1. The number of alkyl halides is 3. The molecule has 10 nitrogen and oxygen atoms in total. The topological polar surface area (TPSA) is 109 Å². The van der Waals surface area contributed by atoms with Crippen molar-refractivity contribution in [3.05, 3.63) is 11.8 Å². The number of hydrogen-bond donors (Lipinski definition) is 0. The Balaban J connectivity index is 1.68. The van der Waals surface area contributed by atoms with Gasteiger partial charge in [0.15, 0.2) is 10.9 Å². The number of rotatable bonds is 7. The molecule has 0 amide bonds. The van der Waals surface area contributed by atoms with E-state index < -0.39 is 23.7 Å². The lowest BCUT2D eigenvalue weighted by Gasteiger charge is -2.27. The summed E-state index contributed by atoms with van der Waals surface area (Å²) in [6.45, 7) is 2.13. The molecule has 33 heavy (non-hydrogen) atoms. The average molecular weight is 487 g/mol. The van der Waals surface area contributed by atoms with Gasteiger partial charge >= 0.3 is 12.1 Å². The van der Waals surface area contributed by atoms with Gasteiger partial charge in [0.2, 0.25) is 23.6 Å². The van der Waals surface area contributed by atoms with Crippen LogP contribution in [0.4, 0.5) is 19.1 Å². The van der Waals surface area contributed by atoms with Gasteiger partial charge < -0.3 is 23.8 Å². The maximum absolute atomic E-state index is 13.4. The first-order chi connectivity index (χ1) is 15.8. The van der Waals surface area contributed by atoms with Crippen LogP contribution in [0.3, 0.4) is 0 Å². The van der Waals surface area contributed by atoms with Crippen LogP contribution in [0.25, 0.3) is 0 Å². The molecule has 0 bridgehead atoms. The van der Waals surface area contributed by atoms with E-state index in [1.54, 1.807) is 0 Å². The third-order valence-electron chi connectivity index (χ3n) is 4.75. The molecule has 3 heterocycles. The van der Waals surface area contributed by atoms with Crippen LogP contribution in [0.1, 0.15) is 18.5 Å². The molecule has 4 rings (SSSR count). The number of halogens is 3. The smallest absolute Gasteiger partial charge is 0.433 e. The van der Waals surface area contributed by atoms with Crippen molar-refractivity contribution in [2.45, 2.75) is 29.1 Å². The summed E-state index contributed by atoms with van der Waals surface area (Å²) < 4.78 is 61.3. The standard InChI is InChI=1S/C19H20F3N5O5S/c1-29-14-13(15(30-2)26-17(25-14)27-5-7-31-8-6-27)33-18-23-11(19(20,21)22)9-12(24-18)32-16(28)10-3-4-10/h9-10H,3-8H2,1-2H3. The van der Waals surface area contributed by atoms with Gasteiger partial charge in [0.05, 0.1) is 33.4 Å². The van der Waals surface area contributed by atoms with Crippen molar-refractivity contribution in [2.24, 2.45) is 5.92 Å². The molecule has 2 aromatic heterocycles. The normalized spacial score (nSPS) is 16.5. The highest BCUT2D eigenvalue weighted by Crippen LogP contribution is 2.41. The van der Waals surface area contributed by atoms with Gasteiger partial charge in [-0.25, -0.2) is 4.98 Å². The minimum atomic E-state index is -4.77. The number of nitrogens with zero attached hydrogens (tertiary/aromatic N) is 5. The van der Waals surface area contributed by atoms with Crippen LogP contribution < -0.4 is 19.1 Å². The summed E-state index contributed by atoms with van der Waals surface area (Å²) in [6.07, 6.45) is -3.50. The average Bonchev–Trinajstić information content (AvgIpc) is 3.64. The molecule has 0 atom stereocenters. The number of hydrogen-bond acceptors (Lipinski definition) is 11. The van der Waals surface area contributed by atoms with E-state index in [-0.39, 0.29) is 27.7 Å². The van der Waals surface area contributed by atoms with Crippen LogP contribution in [0.15, 0.2) is 16.1 Å². The summed E-state index contributed by atoms with van der Waals surface area (Å²) in [7, 11) is 2.73. The first-order valence-electron chi connectivity index (χ1n) is 9.97. The molecule has 1 aliphatic carbocycles. The maximum Gasteiger partial charge on any atom is 0.433 e. The summed E-state index contributed by atoms with van der Waals surface area (Å²) in [4.78, 5) is 30.3. The fourth-order valence-electron chi connectivity index (χ4n) is 2.91. The molecule has 1 saturated carbocycles. The van der Waals surface area contributed by atoms with Crippen molar-refractivity contribution in [1.29, 1.82) is 0 Å². The lowest BCUT2D eigenvalue weighted by atomic mass is 10.4. The quantitative estimate of drug-likeness (QED) is 0.425. The monoisotopic (exact) mass is 487 g/mol. The first-order valence-corrected chi connectivity index (χ1v) is 10.8. The summed E-state index contributed by atoms with van der Waals surface area (Å²) in [5, 5.41) is -0.331. The van der Waals surface area contributed by atoms with E-state index in [4.69, 9.17) is 18.9 Å². The van der Waals surface area contributed by atoms with Gasteiger partial charge in [-0.15, -0.1) is 0 Å². The first kappa shape index (κ1) is 23.3. The summed E-state index contributed by atoms with van der Waals surface area (Å²) in [5.41, 5.74) is -1.25. The molecule has 0 unspecified atom stereocenters. The molecule has 0 radical (unpaired) electrons. The fraction of sp³-hybridized carbons (Fsp3) is 0.526. The molecule has 2 aromatic rings. The van der Waals surface area contributed by atoms with E-state index in [0.717, 1.165) is 0 Å². The molecule has 178 valence electrons. The van der Waals surface area contributed by atoms with Crippen LogP contribution in [-0.4, -0.2) is 66.4 Å². The molecule has 14 heteroatoms. The second-order valence-electron chi connectivity index (χ2n) is 7.14. The van der Waals surface area contributed by atoms with Crippen LogP contribution in [-0.2, 0) is 15.7 Å². The van der Waals surface area contributed by atoms with Crippen LogP contribution in [0.2, 0.25) is 0 Å². The van der Waals surface area contributed by atoms with Crippen molar-refractivity contribution >= 4 is 23.7 Å². The molecule has 0 aromatic carbocycles. The van der Waals surface area contributed by atoms with Crippen molar-refractivity contribution in [3.63, 3.8) is 0 Å². The number of morpholine rings is 1. The lowest BCUT2D eigenvalue weighted by Crippen LogP contribution is -2.37. The molecule has 0 N–H and O–H groups in total. The van der Waals surface area contributed by atoms with Crippen molar-refractivity contribution in [2.75, 3.05) is 45.4 Å². The van der Waals surface area contributed by atoms with Gasteiger partial charge in [0, 0.05) is 19.2 Å². The largest absolute Gasteiger partial charge is 0.480 e. The minimum absolute atomic E-state index is 0.0749. The predicted octanol–water partition coefficient (Wildman–Crippen LogP) is 2.61. The van der Waals surface area contributed by atoms with E-state index in [1.165, 1.54) is 14.2 Å². The molecule has 1 saturated heterocycles. The van der Waals surface area contributed by atoms with Crippen molar-refractivity contribution in [3.8, 4) is 17.6 Å². The second kappa shape index (κ2) is 9.55. The number of ether oxygens (including phenoxy) is 4. The van der Waals surface area contributed by atoms with Gasteiger partial charge in [-0.1, -0.05) is 0 Å². The van der Waals surface area contributed by atoms with Crippen molar-refractivity contribution in [1.82, 2.24) is 19.9 Å². The zero-order chi connectivity index (χ0) is 23.6. The fourth-order valence-corrected chi connectivity index (χ4v) is 3.81. The number of aromatic nitrogens is 4. The molecule has 0 spiro atoms. The Morgan fingerprint density at radius 1 is 1.09 bits per heavy atom. The van der Waals surface area contributed by atoms with Crippen LogP contribution >= 0.6 is 11.8 Å². The lowest BCUT2D eigenvalue weighted by molar-refractivity contribution is -0.143. The third-order valence-corrected chi connectivity index (χ3v) is 5.67. The van der Waals surface area contributed by atoms with Crippen LogP contribution in [0, 0.1) is 5.92 Å². The Morgan fingerprint density at radius 3 is 2.27 bits per heavy atom. The SMILES string of the molecule is COc1nc(N2CCOCC2)nc(OC)c1Sc1nc(OC(=O)C2CC2)cc(C(F)(F)F)n1. The third kappa shape index (κ3) is 5.55. The second-order valence-corrected chi connectivity index (χ2v) is 8.12. The number of anilines is 1. The Hall–Kier alpha value is -2.87. The molecule has 1 aliphatic heterocycles. The maximum atomic E-state index is 13.4. The minimum Gasteiger partial charge on any atom is -0.480 e. The van der Waals surface area contributed by atoms with E-state index in [2.05, 4.69) is 19.9 Å². The Morgan fingerprint density at radius 2 is 1.73 bits per heavy atom. The summed E-state index contributed by atoms with van der Waals surface area (Å²) >= 11 is 0.709. The molecule has 2 aliphatic rings. The molecular weight excluding hydrogens is 467 g/mol.